The van der Waals surface area contributed by atoms with Gasteiger partial charge in [-0.05, 0) is 45.2 Å². The summed E-state index contributed by atoms with van der Waals surface area (Å²) in [6, 6.07) is 8.12. The third-order valence-electron chi connectivity index (χ3n) is 5.04. The topological polar surface area (TPSA) is 76.4 Å². The number of halogens is 1. The Balaban J connectivity index is 0.00000320. The standard InChI is InChI=1S/C22H34N6O.HI/c1-3-23-22(25-15-17-29-19-12-10-18(2)11-13-19)24-14-7-9-21-27-26-20-8-5-4-6-16-28(20)21;/h10-13H,3-9,14-17H2,1-2H3,(H2,23,24,25);1H. The van der Waals surface area contributed by atoms with E-state index in [1.54, 1.807) is 0 Å². The molecule has 7 nitrogen and oxygen atoms in total. The molecule has 0 atom stereocenters. The highest BCUT2D eigenvalue weighted by molar-refractivity contribution is 14.0. The van der Waals surface area contributed by atoms with Crippen LogP contribution in [-0.2, 0) is 19.4 Å². The first-order valence-corrected chi connectivity index (χ1v) is 10.9. The van der Waals surface area contributed by atoms with Crippen LogP contribution in [-0.4, -0.2) is 47.0 Å². The minimum absolute atomic E-state index is 0. The molecular formula is C22H35IN6O. The Kier molecular flexibility index (Phi) is 11.0. The molecule has 1 aromatic carbocycles. The monoisotopic (exact) mass is 526 g/mol. The molecule has 0 saturated heterocycles. The van der Waals surface area contributed by atoms with Gasteiger partial charge in [0.25, 0.3) is 0 Å². The number of nitrogens with zero attached hydrogens (tertiary/aromatic N) is 4. The number of ether oxygens (including phenoxy) is 1. The smallest absolute Gasteiger partial charge is 0.191 e. The summed E-state index contributed by atoms with van der Waals surface area (Å²) in [7, 11) is 0. The summed E-state index contributed by atoms with van der Waals surface area (Å²) in [5.74, 6) is 4.00. The van der Waals surface area contributed by atoms with Crippen LogP contribution in [0.15, 0.2) is 29.3 Å². The molecule has 0 bridgehead atoms. The zero-order chi connectivity index (χ0) is 20.3. The van der Waals surface area contributed by atoms with Gasteiger partial charge >= 0.3 is 0 Å². The van der Waals surface area contributed by atoms with E-state index in [0.717, 1.165) is 62.3 Å². The molecule has 0 fully saturated rings. The van der Waals surface area contributed by atoms with Gasteiger partial charge in [-0.15, -0.1) is 34.2 Å². The van der Waals surface area contributed by atoms with Crippen LogP contribution in [0, 0.1) is 6.92 Å². The first-order chi connectivity index (χ1) is 14.3. The summed E-state index contributed by atoms with van der Waals surface area (Å²) in [5, 5.41) is 15.4. The Hall–Kier alpha value is -1.84. The molecule has 1 aliphatic heterocycles. The second-order valence-corrected chi connectivity index (χ2v) is 7.45. The Labute approximate surface area is 197 Å². The van der Waals surface area contributed by atoms with E-state index >= 15 is 0 Å². The van der Waals surface area contributed by atoms with Crippen molar-refractivity contribution in [3.8, 4) is 5.75 Å². The summed E-state index contributed by atoms with van der Waals surface area (Å²) >= 11 is 0. The number of fused-ring (bicyclic) bond motifs is 1. The molecule has 1 aromatic heterocycles. The lowest BCUT2D eigenvalue weighted by molar-refractivity contribution is 0.322. The molecule has 0 saturated carbocycles. The second kappa shape index (κ2) is 13.5. The highest BCUT2D eigenvalue weighted by atomic mass is 127. The van der Waals surface area contributed by atoms with Crippen LogP contribution in [0.2, 0.25) is 0 Å². The molecule has 166 valence electrons. The van der Waals surface area contributed by atoms with Crippen molar-refractivity contribution in [2.45, 2.75) is 58.9 Å². The lowest BCUT2D eigenvalue weighted by Crippen LogP contribution is -2.39. The third-order valence-corrected chi connectivity index (χ3v) is 5.04. The molecule has 30 heavy (non-hydrogen) atoms. The minimum Gasteiger partial charge on any atom is -0.492 e. The highest BCUT2D eigenvalue weighted by Crippen LogP contribution is 2.15. The maximum absolute atomic E-state index is 5.76. The number of aryl methyl sites for hydroxylation is 3. The van der Waals surface area contributed by atoms with E-state index in [2.05, 4.69) is 56.4 Å². The van der Waals surface area contributed by atoms with Gasteiger partial charge in [0, 0.05) is 32.5 Å². The first-order valence-electron chi connectivity index (χ1n) is 10.9. The molecule has 1 aliphatic rings. The van der Waals surface area contributed by atoms with Crippen LogP contribution in [0.25, 0.3) is 0 Å². The number of aromatic nitrogens is 3. The van der Waals surface area contributed by atoms with Crippen molar-refractivity contribution in [1.82, 2.24) is 25.4 Å². The maximum atomic E-state index is 5.76. The van der Waals surface area contributed by atoms with Gasteiger partial charge in [-0.1, -0.05) is 24.1 Å². The summed E-state index contributed by atoms with van der Waals surface area (Å²) in [5.41, 5.74) is 1.24. The summed E-state index contributed by atoms with van der Waals surface area (Å²) in [6.45, 7) is 8.11. The van der Waals surface area contributed by atoms with E-state index in [1.807, 2.05) is 12.1 Å². The van der Waals surface area contributed by atoms with Crippen LogP contribution >= 0.6 is 24.0 Å². The van der Waals surface area contributed by atoms with Crippen molar-refractivity contribution >= 4 is 29.9 Å². The van der Waals surface area contributed by atoms with E-state index in [9.17, 15) is 0 Å². The number of aliphatic imine (C=N–C) groups is 1. The van der Waals surface area contributed by atoms with E-state index < -0.39 is 0 Å². The van der Waals surface area contributed by atoms with Crippen molar-refractivity contribution in [3.05, 3.63) is 41.5 Å². The fourth-order valence-corrected chi connectivity index (χ4v) is 3.47. The number of nitrogens with one attached hydrogen (secondary N) is 2. The van der Waals surface area contributed by atoms with Crippen molar-refractivity contribution in [3.63, 3.8) is 0 Å². The van der Waals surface area contributed by atoms with Crippen LogP contribution in [0.1, 0.15) is 49.8 Å². The fourth-order valence-electron chi connectivity index (χ4n) is 3.47. The SMILES string of the molecule is CCNC(=NCCCc1nnc2n1CCCCC2)NCCOc1ccc(C)cc1.I. The molecule has 0 unspecified atom stereocenters. The first kappa shape index (κ1) is 24.4. The Morgan fingerprint density at radius 1 is 1.13 bits per heavy atom. The van der Waals surface area contributed by atoms with Crippen molar-refractivity contribution in [1.29, 1.82) is 0 Å². The van der Waals surface area contributed by atoms with Gasteiger partial charge in [0.1, 0.15) is 24.0 Å². The average molecular weight is 526 g/mol. The Bertz CT molecular complexity index is 774. The fraction of sp³-hybridized carbons (Fsp3) is 0.591. The summed E-state index contributed by atoms with van der Waals surface area (Å²) < 4.78 is 8.09. The van der Waals surface area contributed by atoms with Crippen molar-refractivity contribution < 1.29 is 4.74 Å². The zero-order valence-electron chi connectivity index (χ0n) is 18.2. The van der Waals surface area contributed by atoms with Gasteiger partial charge in [0.2, 0.25) is 0 Å². The molecule has 0 aliphatic carbocycles. The number of benzene rings is 1. The van der Waals surface area contributed by atoms with Crippen LogP contribution in [0.4, 0.5) is 0 Å². The Morgan fingerprint density at radius 2 is 1.97 bits per heavy atom. The normalized spacial score (nSPS) is 13.7. The van der Waals surface area contributed by atoms with Crippen LogP contribution in [0.5, 0.6) is 5.75 Å². The molecule has 2 heterocycles. The largest absolute Gasteiger partial charge is 0.492 e. The molecule has 2 N–H and O–H groups in total. The lowest BCUT2D eigenvalue weighted by atomic mass is 10.2. The molecule has 3 rings (SSSR count). The summed E-state index contributed by atoms with van der Waals surface area (Å²) in [6.07, 6.45) is 6.70. The second-order valence-electron chi connectivity index (χ2n) is 7.45. The molecule has 0 radical (unpaired) electrons. The average Bonchev–Trinajstić information content (AvgIpc) is 2.95. The van der Waals surface area contributed by atoms with Gasteiger partial charge in [0.05, 0.1) is 6.54 Å². The van der Waals surface area contributed by atoms with E-state index in [-0.39, 0.29) is 24.0 Å². The Morgan fingerprint density at radius 3 is 2.77 bits per heavy atom. The molecule has 2 aromatic rings. The molecule has 0 spiro atoms. The van der Waals surface area contributed by atoms with E-state index in [4.69, 9.17) is 4.74 Å². The molecular weight excluding hydrogens is 491 g/mol. The third kappa shape index (κ3) is 7.77. The number of hydrogen-bond acceptors (Lipinski definition) is 4. The van der Waals surface area contributed by atoms with Crippen molar-refractivity contribution in [2.75, 3.05) is 26.2 Å². The van der Waals surface area contributed by atoms with Crippen LogP contribution < -0.4 is 15.4 Å². The number of hydrogen-bond donors (Lipinski definition) is 2. The zero-order valence-corrected chi connectivity index (χ0v) is 20.5. The predicted octanol–water partition coefficient (Wildman–Crippen LogP) is 3.50. The van der Waals surface area contributed by atoms with E-state index in [0.29, 0.717) is 13.2 Å². The maximum Gasteiger partial charge on any atom is 0.191 e. The molecule has 8 heteroatoms. The van der Waals surface area contributed by atoms with Gasteiger partial charge < -0.3 is 19.9 Å². The number of guanidine groups is 1. The lowest BCUT2D eigenvalue weighted by Gasteiger charge is -2.12. The van der Waals surface area contributed by atoms with Gasteiger partial charge in [-0.3, -0.25) is 4.99 Å². The van der Waals surface area contributed by atoms with Crippen molar-refractivity contribution in [2.24, 2.45) is 4.99 Å². The minimum atomic E-state index is 0. The van der Waals surface area contributed by atoms with Gasteiger partial charge in [0.15, 0.2) is 5.96 Å². The quantitative estimate of drug-likeness (QED) is 0.227. The van der Waals surface area contributed by atoms with E-state index in [1.165, 1.54) is 24.8 Å². The van der Waals surface area contributed by atoms with Crippen LogP contribution in [0.3, 0.4) is 0 Å². The van der Waals surface area contributed by atoms with Gasteiger partial charge in [-0.2, -0.15) is 0 Å². The number of rotatable bonds is 9. The summed E-state index contributed by atoms with van der Waals surface area (Å²) in [4.78, 5) is 4.68. The predicted molar refractivity (Wildman–Crippen MR) is 132 cm³/mol. The van der Waals surface area contributed by atoms with Gasteiger partial charge in [-0.25, -0.2) is 0 Å². The molecule has 0 amide bonds. The highest BCUT2D eigenvalue weighted by Gasteiger charge is 2.13.